The summed E-state index contributed by atoms with van der Waals surface area (Å²) in [4.78, 5) is 20.4. The molecule has 6 heteroatoms. The molecule has 0 aliphatic heterocycles. The van der Waals surface area contributed by atoms with Crippen LogP contribution >= 0.6 is 0 Å². The second-order valence-electron chi connectivity index (χ2n) is 4.04. The van der Waals surface area contributed by atoms with E-state index in [4.69, 9.17) is 10.2 Å². The van der Waals surface area contributed by atoms with E-state index in [0.717, 1.165) is 25.7 Å². The largest absolute Gasteiger partial charge is 0.505 e. The molecule has 1 aliphatic carbocycles. The quantitative estimate of drug-likeness (QED) is 0.721. The number of rotatable bonds is 4. The summed E-state index contributed by atoms with van der Waals surface area (Å²) >= 11 is 0. The van der Waals surface area contributed by atoms with Crippen LogP contribution in [-0.2, 0) is 9.47 Å². The second kappa shape index (κ2) is 6.19. The Balaban J connectivity index is 2.13. The molecule has 1 rings (SSSR count). The van der Waals surface area contributed by atoms with Gasteiger partial charge in [-0.2, -0.15) is 0 Å². The molecule has 0 spiro atoms. The lowest BCUT2D eigenvalue weighted by molar-refractivity contribution is 0.0486. The Morgan fingerprint density at radius 1 is 0.875 bits per heavy atom. The van der Waals surface area contributed by atoms with Gasteiger partial charge in [-0.15, -0.1) is 0 Å². The molecule has 0 radical (unpaired) electrons. The average molecular weight is 232 g/mol. The van der Waals surface area contributed by atoms with Crippen molar-refractivity contribution < 1.29 is 29.3 Å². The molecular weight excluding hydrogens is 216 g/mol. The van der Waals surface area contributed by atoms with Crippen molar-refractivity contribution in [1.82, 2.24) is 0 Å². The van der Waals surface area contributed by atoms with Gasteiger partial charge in [0.25, 0.3) is 0 Å². The first-order valence-electron chi connectivity index (χ1n) is 5.29. The highest BCUT2D eigenvalue weighted by molar-refractivity contribution is 5.57. The number of hydrogen-bond donors (Lipinski definition) is 2. The Morgan fingerprint density at radius 2 is 1.19 bits per heavy atom. The van der Waals surface area contributed by atoms with Gasteiger partial charge in [-0.1, -0.05) is 0 Å². The van der Waals surface area contributed by atoms with Gasteiger partial charge in [0.05, 0.1) is 13.2 Å². The van der Waals surface area contributed by atoms with Crippen LogP contribution in [0.25, 0.3) is 0 Å². The summed E-state index contributed by atoms with van der Waals surface area (Å²) in [7, 11) is 0. The molecule has 0 aromatic heterocycles. The van der Waals surface area contributed by atoms with Crippen molar-refractivity contribution in [3.8, 4) is 0 Å². The topological polar surface area (TPSA) is 93.1 Å². The molecule has 0 unspecified atom stereocenters. The predicted octanol–water partition coefficient (Wildman–Crippen LogP) is 2.18. The Bertz CT molecular complexity index is 218. The van der Waals surface area contributed by atoms with Crippen molar-refractivity contribution in [1.29, 1.82) is 0 Å². The van der Waals surface area contributed by atoms with E-state index in [-0.39, 0.29) is 25.0 Å². The normalized spacial score (nSPS) is 24.8. The zero-order chi connectivity index (χ0) is 12.0. The van der Waals surface area contributed by atoms with E-state index in [1.54, 1.807) is 0 Å². The molecule has 0 aromatic rings. The van der Waals surface area contributed by atoms with Gasteiger partial charge in [0.15, 0.2) is 0 Å². The summed E-state index contributed by atoms with van der Waals surface area (Å²) < 4.78 is 9.01. The van der Waals surface area contributed by atoms with Gasteiger partial charge in [0, 0.05) is 0 Å². The first-order valence-corrected chi connectivity index (χ1v) is 5.29. The summed E-state index contributed by atoms with van der Waals surface area (Å²) in [6.45, 7) is 0.476. The minimum atomic E-state index is -1.24. The first kappa shape index (κ1) is 12.6. The van der Waals surface area contributed by atoms with Gasteiger partial charge in [-0.25, -0.2) is 9.59 Å². The number of ether oxygens (including phenoxy) is 2. The average Bonchev–Trinajstić information content (AvgIpc) is 2.25. The van der Waals surface area contributed by atoms with Crippen LogP contribution in [0.5, 0.6) is 0 Å². The molecular formula is C10H16O6. The first-order chi connectivity index (χ1) is 7.58. The highest BCUT2D eigenvalue weighted by Gasteiger charge is 2.23. The zero-order valence-corrected chi connectivity index (χ0v) is 8.92. The fraction of sp³-hybridized carbons (Fsp3) is 0.800. The number of carbonyl (C=O) groups is 2. The Kier molecular flexibility index (Phi) is 4.88. The van der Waals surface area contributed by atoms with Crippen molar-refractivity contribution in [3.63, 3.8) is 0 Å². The van der Waals surface area contributed by atoms with Gasteiger partial charge in [-0.05, 0) is 37.5 Å². The lowest BCUT2D eigenvalue weighted by Gasteiger charge is -2.27. The van der Waals surface area contributed by atoms with Crippen LogP contribution in [0.2, 0.25) is 0 Å². The number of hydrogen-bond acceptors (Lipinski definition) is 4. The minimum absolute atomic E-state index is 0.238. The summed E-state index contributed by atoms with van der Waals surface area (Å²) in [5.41, 5.74) is 0. The fourth-order valence-electron chi connectivity index (χ4n) is 1.94. The van der Waals surface area contributed by atoms with Crippen LogP contribution in [0.15, 0.2) is 0 Å². The molecule has 0 aromatic carbocycles. The Morgan fingerprint density at radius 3 is 1.44 bits per heavy atom. The van der Waals surface area contributed by atoms with Gasteiger partial charge >= 0.3 is 12.3 Å². The van der Waals surface area contributed by atoms with Gasteiger partial charge in [-0.3, -0.25) is 0 Å². The van der Waals surface area contributed by atoms with Crippen molar-refractivity contribution in [2.45, 2.75) is 25.7 Å². The smallest absolute Gasteiger partial charge is 0.450 e. The van der Waals surface area contributed by atoms with Crippen LogP contribution in [0, 0.1) is 11.8 Å². The van der Waals surface area contributed by atoms with Crippen LogP contribution in [0.1, 0.15) is 25.7 Å². The van der Waals surface area contributed by atoms with E-state index in [1.807, 2.05) is 0 Å². The SMILES string of the molecule is O=C(O)OCC1CCC(COC(=O)O)CC1. The molecule has 0 bridgehead atoms. The molecule has 1 saturated carbocycles. The lowest BCUT2D eigenvalue weighted by atomic mass is 9.83. The molecule has 6 nitrogen and oxygen atoms in total. The Hall–Kier alpha value is -1.46. The zero-order valence-electron chi connectivity index (χ0n) is 8.92. The third-order valence-corrected chi connectivity index (χ3v) is 2.85. The van der Waals surface area contributed by atoms with Crippen LogP contribution in [0.4, 0.5) is 9.59 Å². The van der Waals surface area contributed by atoms with Crippen molar-refractivity contribution in [3.05, 3.63) is 0 Å². The fourth-order valence-corrected chi connectivity index (χ4v) is 1.94. The van der Waals surface area contributed by atoms with Gasteiger partial charge < -0.3 is 19.7 Å². The van der Waals surface area contributed by atoms with E-state index in [2.05, 4.69) is 9.47 Å². The molecule has 0 atom stereocenters. The van der Waals surface area contributed by atoms with Gasteiger partial charge in [0.1, 0.15) is 0 Å². The maximum absolute atomic E-state index is 10.2. The predicted molar refractivity (Wildman–Crippen MR) is 53.4 cm³/mol. The summed E-state index contributed by atoms with van der Waals surface area (Å²) in [6, 6.07) is 0. The van der Waals surface area contributed by atoms with Crippen LogP contribution < -0.4 is 0 Å². The van der Waals surface area contributed by atoms with E-state index >= 15 is 0 Å². The van der Waals surface area contributed by atoms with E-state index < -0.39 is 12.3 Å². The number of carboxylic acid groups (broad SMARTS) is 2. The molecule has 92 valence electrons. The molecule has 16 heavy (non-hydrogen) atoms. The summed E-state index contributed by atoms with van der Waals surface area (Å²) in [5, 5.41) is 16.7. The third-order valence-electron chi connectivity index (χ3n) is 2.85. The molecule has 0 saturated heterocycles. The third kappa shape index (κ3) is 4.86. The maximum atomic E-state index is 10.2. The minimum Gasteiger partial charge on any atom is -0.450 e. The molecule has 1 aliphatic rings. The molecule has 2 N–H and O–H groups in total. The Labute approximate surface area is 93.2 Å². The van der Waals surface area contributed by atoms with E-state index in [0.29, 0.717) is 0 Å². The highest BCUT2D eigenvalue weighted by atomic mass is 16.7. The maximum Gasteiger partial charge on any atom is 0.505 e. The van der Waals surface area contributed by atoms with Crippen molar-refractivity contribution in [2.75, 3.05) is 13.2 Å². The van der Waals surface area contributed by atoms with Crippen molar-refractivity contribution >= 4 is 12.3 Å². The molecule has 0 amide bonds. The summed E-state index contributed by atoms with van der Waals surface area (Å²) in [5.74, 6) is 0.523. The van der Waals surface area contributed by atoms with Crippen LogP contribution in [-0.4, -0.2) is 35.7 Å². The van der Waals surface area contributed by atoms with Crippen molar-refractivity contribution in [2.24, 2.45) is 11.8 Å². The summed E-state index contributed by atoms with van der Waals surface area (Å²) in [6.07, 6.45) is 0.969. The lowest BCUT2D eigenvalue weighted by Crippen LogP contribution is -2.23. The molecule has 0 heterocycles. The van der Waals surface area contributed by atoms with Gasteiger partial charge in [0.2, 0.25) is 0 Å². The van der Waals surface area contributed by atoms with E-state index in [9.17, 15) is 9.59 Å². The monoisotopic (exact) mass is 232 g/mol. The second-order valence-corrected chi connectivity index (χ2v) is 4.04. The van der Waals surface area contributed by atoms with E-state index in [1.165, 1.54) is 0 Å². The standard InChI is InChI=1S/C10H16O6/c11-9(12)15-5-7-1-2-8(4-3-7)6-16-10(13)14/h7-8H,1-6H2,(H,11,12)(H,13,14). The molecule has 1 fully saturated rings. The van der Waals surface area contributed by atoms with Crippen LogP contribution in [0.3, 0.4) is 0 Å². The highest BCUT2D eigenvalue weighted by Crippen LogP contribution is 2.29.